The van der Waals surface area contributed by atoms with Crippen LogP contribution in [0.3, 0.4) is 0 Å². The molecule has 0 bridgehead atoms. The van der Waals surface area contributed by atoms with Crippen molar-refractivity contribution >= 4 is 89.2 Å². The summed E-state index contributed by atoms with van der Waals surface area (Å²) in [6.07, 6.45) is 0. The molecule has 0 spiro atoms. The summed E-state index contributed by atoms with van der Waals surface area (Å²) in [5.74, 6) is 0. The summed E-state index contributed by atoms with van der Waals surface area (Å²) in [7, 11) is -2.63. The molecule has 0 N–H and O–H groups in total. The number of benzene rings is 11. The molecule has 0 fully saturated rings. The topological polar surface area (TPSA) is 8.17 Å². The summed E-state index contributed by atoms with van der Waals surface area (Å²) in [5, 5.41) is 12.9. The van der Waals surface area contributed by atoms with E-state index in [1.165, 1.54) is 75.2 Å². The monoisotopic (exact) mass is 844 g/mol. The van der Waals surface area contributed by atoms with E-state index in [9.17, 15) is 0 Å². The molecule has 0 amide bonds. The maximum Gasteiger partial charge on any atom is 0.179 e. The van der Waals surface area contributed by atoms with E-state index in [4.69, 9.17) is 0 Å². The van der Waals surface area contributed by atoms with Crippen LogP contribution in [0, 0.1) is 0 Å². The average molecular weight is 845 g/mol. The first-order valence-electron chi connectivity index (χ1n) is 22.4. The van der Waals surface area contributed by atoms with E-state index in [1.54, 1.807) is 0 Å². The predicted octanol–water partition coefficient (Wildman–Crippen LogP) is 13.6. The van der Waals surface area contributed by atoms with E-state index in [0.29, 0.717) is 0 Å². The molecule has 3 heteroatoms. The molecule has 306 valence electrons. The highest BCUT2D eigenvalue weighted by molar-refractivity contribution is 7.19. The average Bonchev–Trinajstić information content (AvgIpc) is 3.73. The summed E-state index contributed by atoms with van der Waals surface area (Å²) >= 11 is 0. The minimum Gasteiger partial charge on any atom is -0.310 e. The molecule has 0 aliphatic heterocycles. The number of anilines is 3. The van der Waals surface area contributed by atoms with E-state index >= 15 is 0 Å². The molecule has 0 atom stereocenters. The number of fused-ring (bicyclic) bond motifs is 6. The molecule has 0 radical (unpaired) electrons. The zero-order valence-corrected chi connectivity index (χ0v) is 36.8. The Morgan fingerprint density at radius 3 is 1.43 bits per heavy atom. The van der Waals surface area contributed by atoms with Crippen molar-refractivity contribution in [1.82, 2.24) is 4.57 Å². The lowest BCUT2D eigenvalue weighted by Crippen LogP contribution is -2.74. The first kappa shape index (κ1) is 38.4. The highest BCUT2D eigenvalue weighted by Gasteiger charge is 2.41. The summed E-state index contributed by atoms with van der Waals surface area (Å²) in [4.78, 5) is 2.45. The van der Waals surface area contributed by atoms with Crippen LogP contribution in [0.5, 0.6) is 0 Å². The third-order valence-electron chi connectivity index (χ3n) is 13.3. The maximum atomic E-state index is 2.45. The SMILES string of the molecule is c1ccc(-n2c3ccccc3c3c(N(c4ccc(-c5ccc([Si](c6ccccc6)(c6ccccc6)c6ccccc6)cc5)cc4)c4ccc5c(ccc6ccccc65)c4)cccc32)cc1. The van der Waals surface area contributed by atoms with Crippen LogP contribution < -0.4 is 25.6 Å². The molecule has 1 heterocycles. The van der Waals surface area contributed by atoms with Gasteiger partial charge in [-0.05, 0) is 108 Å². The Labute approximate surface area is 380 Å². The summed E-state index contributed by atoms with van der Waals surface area (Å²) < 4.78 is 2.40. The number of rotatable bonds is 9. The number of hydrogen-bond acceptors (Lipinski definition) is 1. The molecule has 2 nitrogen and oxygen atoms in total. The van der Waals surface area contributed by atoms with Crippen LogP contribution in [0.2, 0.25) is 0 Å². The van der Waals surface area contributed by atoms with Gasteiger partial charge in [0.15, 0.2) is 8.07 Å². The van der Waals surface area contributed by atoms with Crippen molar-refractivity contribution in [2.24, 2.45) is 0 Å². The molecular weight excluding hydrogens is 801 g/mol. The van der Waals surface area contributed by atoms with Crippen molar-refractivity contribution in [3.8, 4) is 16.8 Å². The third kappa shape index (κ3) is 6.47. The molecule has 12 aromatic rings. The van der Waals surface area contributed by atoms with Gasteiger partial charge in [-0.3, -0.25) is 0 Å². The van der Waals surface area contributed by atoms with E-state index in [0.717, 1.165) is 22.7 Å². The smallest absolute Gasteiger partial charge is 0.179 e. The number of nitrogens with zero attached hydrogens (tertiary/aromatic N) is 2. The van der Waals surface area contributed by atoms with Gasteiger partial charge in [0.1, 0.15) is 0 Å². The van der Waals surface area contributed by atoms with Crippen molar-refractivity contribution in [3.05, 3.63) is 267 Å². The van der Waals surface area contributed by atoms with Gasteiger partial charge in [-0.15, -0.1) is 0 Å². The predicted molar refractivity (Wildman–Crippen MR) is 280 cm³/mol. The Kier molecular flexibility index (Phi) is 9.55. The van der Waals surface area contributed by atoms with Gasteiger partial charge in [0.25, 0.3) is 0 Å². The van der Waals surface area contributed by atoms with Crippen LogP contribution in [-0.2, 0) is 0 Å². The van der Waals surface area contributed by atoms with Gasteiger partial charge in [-0.1, -0.05) is 212 Å². The molecule has 0 aliphatic carbocycles. The first-order chi connectivity index (χ1) is 32.3. The van der Waals surface area contributed by atoms with Crippen molar-refractivity contribution < 1.29 is 0 Å². The van der Waals surface area contributed by atoms with Crippen LogP contribution in [-0.4, -0.2) is 12.6 Å². The summed E-state index contributed by atoms with van der Waals surface area (Å²) in [6.45, 7) is 0. The molecule has 0 unspecified atom stereocenters. The molecule has 12 rings (SSSR count). The first-order valence-corrected chi connectivity index (χ1v) is 24.4. The second-order valence-corrected chi connectivity index (χ2v) is 20.7. The third-order valence-corrected chi connectivity index (χ3v) is 18.1. The van der Waals surface area contributed by atoms with Gasteiger partial charge in [0, 0.05) is 27.8 Å². The van der Waals surface area contributed by atoms with Crippen molar-refractivity contribution in [3.63, 3.8) is 0 Å². The van der Waals surface area contributed by atoms with Crippen LogP contribution in [0.25, 0.3) is 60.2 Å². The van der Waals surface area contributed by atoms with Crippen LogP contribution in [0.4, 0.5) is 17.1 Å². The summed E-state index contributed by atoms with van der Waals surface area (Å²) in [6, 6.07) is 98.4. The zero-order valence-electron chi connectivity index (χ0n) is 35.8. The molecule has 1 aromatic heterocycles. The van der Waals surface area contributed by atoms with Gasteiger partial charge >= 0.3 is 0 Å². The second kappa shape index (κ2) is 16.1. The Balaban J connectivity index is 1.01. The van der Waals surface area contributed by atoms with E-state index in [2.05, 4.69) is 276 Å². The van der Waals surface area contributed by atoms with Crippen molar-refractivity contribution in [1.29, 1.82) is 0 Å². The van der Waals surface area contributed by atoms with Crippen LogP contribution in [0.1, 0.15) is 0 Å². The molecule has 0 saturated carbocycles. The second-order valence-electron chi connectivity index (χ2n) is 16.9. The van der Waals surface area contributed by atoms with Gasteiger partial charge in [-0.25, -0.2) is 0 Å². The lowest BCUT2D eigenvalue weighted by molar-refractivity contribution is 1.18. The zero-order chi connectivity index (χ0) is 43.2. The van der Waals surface area contributed by atoms with Crippen molar-refractivity contribution in [2.75, 3.05) is 4.90 Å². The van der Waals surface area contributed by atoms with Crippen LogP contribution in [0.15, 0.2) is 267 Å². The standard InChI is InChI=1S/C62H44N2Si/c1-5-19-49(20-6-1)64-59-29-16-15-28-58(59)62-60(30-17-31-61(62)64)63(51-40-43-57-48(44-51)33-32-47-18-13-14-27-56(47)57)50-38-34-45(35-39-50)46-36-41-55(42-37-46)65(52-21-7-2-8-22-52,53-23-9-3-10-24-53)54-25-11-4-12-26-54/h1-44H. The Bertz CT molecular complexity index is 3530. The highest BCUT2D eigenvalue weighted by Crippen LogP contribution is 2.45. The number of para-hydroxylation sites is 2. The van der Waals surface area contributed by atoms with Gasteiger partial charge < -0.3 is 9.47 Å². The molecule has 0 saturated heterocycles. The van der Waals surface area contributed by atoms with E-state index in [-0.39, 0.29) is 0 Å². The Hall–Kier alpha value is -8.24. The highest BCUT2D eigenvalue weighted by atomic mass is 28.3. The fraction of sp³-hybridized carbons (Fsp3) is 0. The van der Waals surface area contributed by atoms with E-state index < -0.39 is 8.07 Å². The molecule has 0 aliphatic rings. The largest absolute Gasteiger partial charge is 0.310 e. The lowest BCUT2D eigenvalue weighted by Gasteiger charge is -2.34. The van der Waals surface area contributed by atoms with Gasteiger partial charge in [0.2, 0.25) is 0 Å². The molecule has 11 aromatic carbocycles. The van der Waals surface area contributed by atoms with Crippen LogP contribution >= 0.6 is 0 Å². The minimum atomic E-state index is -2.63. The van der Waals surface area contributed by atoms with Crippen molar-refractivity contribution in [2.45, 2.75) is 0 Å². The molecular formula is C62H44N2Si. The fourth-order valence-electron chi connectivity index (χ4n) is 10.4. The number of hydrogen-bond donors (Lipinski definition) is 0. The molecule has 65 heavy (non-hydrogen) atoms. The lowest BCUT2D eigenvalue weighted by atomic mass is 10.0. The summed E-state index contributed by atoms with van der Waals surface area (Å²) in [5.41, 5.74) is 9.20. The maximum absolute atomic E-state index is 2.63. The van der Waals surface area contributed by atoms with Gasteiger partial charge in [-0.2, -0.15) is 0 Å². The Morgan fingerprint density at radius 1 is 0.308 bits per heavy atom. The van der Waals surface area contributed by atoms with Gasteiger partial charge in [0.05, 0.1) is 16.7 Å². The minimum absolute atomic E-state index is 1.10. The van der Waals surface area contributed by atoms with E-state index in [1.807, 2.05) is 0 Å². The number of aromatic nitrogens is 1. The Morgan fingerprint density at radius 2 is 0.785 bits per heavy atom. The normalized spacial score (nSPS) is 11.7. The quantitative estimate of drug-likeness (QED) is 0.0798. The fourth-order valence-corrected chi connectivity index (χ4v) is 15.1.